The minimum Gasteiger partial charge on any atom is -0.360 e. The molecule has 2 saturated heterocycles. The van der Waals surface area contributed by atoms with Crippen LogP contribution < -0.4 is 10.2 Å². The Balaban J connectivity index is 1.78. The topological polar surface area (TPSA) is 67.6 Å². The Labute approximate surface area is 195 Å². The third-order valence-electron chi connectivity index (χ3n) is 5.07. The van der Waals surface area contributed by atoms with Crippen LogP contribution in [0, 0.1) is 5.41 Å². The second kappa shape index (κ2) is 10.8. The molecule has 0 unspecified atom stereocenters. The Hall–Kier alpha value is -2.39. The van der Waals surface area contributed by atoms with Gasteiger partial charge in [0, 0.05) is 36.8 Å². The second-order valence-electron chi connectivity index (χ2n) is 7.36. The molecule has 0 amide bonds. The smallest absolute Gasteiger partial charge is 0.101 e. The third kappa shape index (κ3) is 6.07. The van der Waals surface area contributed by atoms with E-state index >= 15 is 0 Å². The van der Waals surface area contributed by atoms with E-state index in [0.29, 0.717) is 34.1 Å². The molecule has 1 aromatic heterocycles. The van der Waals surface area contributed by atoms with E-state index in [1.165, 1.54) is 19.0 Å². The van der Waals surface area contributed by atoms with E-state index in [-0.39, 0.29) is 12.1 Å². The lowest BCUT2D eigenvalue weighted by atomic mass is 10.2. The van der Waals surface area contributed by atoms with Gasteiger partial charge in [0.1, 0.15) is 5.84 Å². The van der Waals surface area contributed by atoms with Crippen molar-refractivity contribution in [3.05, 3.63) is 65.0 Å². The van der Waals surface area contributed by atoms with Crippen LogP contribution in [-0.4, -0.2) is 41.1 Å². The molecule has 0 atom stereocenters. The number of anilines is 1. The Bertz CT molecular complexity index is 974. The number of nitrogens with zero attached hydrogens (tertiary/aromatic N) is 4. The van der Waals surface area contributed by atoms with Crippen molar-refractivity contribution < 1.29 is 3.89 Å². The van der Waals surface area contributed by atoms with Crippen molar-refractivity contribution in [2.24, 2.45) is 4.99 Å². The van der Waals surface area contributed by atoms with E-state index in [4.69, 9.17) is 5.41 Å². The van der Waals surface area contributed by atoms with Crippen molar-refractivity contribution in [3.8, 4) is 0 Å². The van der Waals surface area contributed by atoms with Crippen molar-refractivity contribution in [2.45, 2.75) is 31.6 Å². The van der Waals surface area contributed by atoms with Crippen LogP contribution in [0.2, 0.25) is 0 Å². The predicted octanol–water partition coefficient (Wildman–Crippen LogP) is 5.54. The molecular formula is C22H26BrFN6S. The molecule has 0 aromatic carbocycles. The number of hydrogen-bond acceptors (Lipinski definition) is 6. The summed E-state index contributed by atoms with van der Waals surface area (Å²) in [5.41, 5.74) is 3.27. The zero-order chi connectivity index (χ0) is 22.4. The number of nitrogens with one attached hydrogen (secondary N) is 2. The quantitative estimate of drug-likeness (QED) is 0.302. The molecule has 6 nitrogen and oxygen atoms in total. The van der Waals surface area contributed by atoms with Gasteiger partial charge in [-0.05, 0) is 43.3 Å². The van der Waals surface area contributed by atoms with Gasteiger partial charge in [-0.3, -0.25) is 4.98 Å². The molecular weight excluding hydrogens is 479 g/mol. The molecule has 164 valence electrons. The standard InChI is InChI=1S/C22H26BrFN6S/c1-15(23)8-18(10-27-17(3)29-6-4-5-7-29)28-13-21-16(2)30(14-22(21)25)19-9-20(31-24)12-26-11-19/h8-13,25,28H,2,4-7,14H2,1,3H3/b15-8+,18-10+,21-13-,25-22?,27-17+. The van der Waals surface area contributed by atoms with Crippen molar-refractivity contribution in [1.82, 2.24) is 15.2 Å². The minimum absolute atomic E-state index is 0.147. The highest BCUT2D eigenvalue weighted by Gasteiger charge is 2.27. The minimum atomic E-state index is 0.147. The first kappa shape index (κ1) is 23.3. The van der Waals surface area contributed by atoms with Gasteiger partial charge in [-0.25, -0.2) is 4.99 Å². The van der Waals surface area contributed by atoms with E-state index in [1.807, 2.05) is 24.8 Å². The molecule has 1 aromatic rings. The normalized spacial score (nSPS) is 19.7. The monoisotopic (exact) mass is 504 g/mol. The highest BCUT2D eigenvalue weighted by Crippen LogP contribution is 2.31. The Morgan fingerprint density at radius 1 is 1.35 bits per heavy atom. The van der Waals surface area contributed by atoms with Crippen LogP contribution >= 0.6 is 28.1 Å². The summed E-state index contributed by atoms with van der Waals surface area (Å²) < 4.78 is 13.9. The van der Waals surface area contributed by atoms with Crippen LogP contribution in [0.1, 0.15) is 26.7 Å². The number of pyridine rings is 1. The number of halogens is 2. The van der Waals surface area contributed by atoms with Gasteiger partial charge in [-0.1, -0.05) is 22.5 Å². The number of rotatable bonds is 6. The molecule has 0 radical (unpaired) electrons. The van der Waals surface area contributed by atoms with Gasteiger partial charge >= 0.3 is 0 Å². The lowest BCUT2D eigenvalue weighted by molar-refractivity contribution is 0.516. The highest BCUT2D eigenvalue weighted by molar-refractivity contribution is 9.11. The van der Waals surface area contributed by atoms with E-state index in [0.717, 1.165) is 29.1 Å². The summed E-state index contributed by atoms with van der Waals surface area (Å²) in [7, 11) is 0. The lowest BCUT2D eigenvalue weighted by Crippen LogP contribution is -2.24. The van der Waals surface area contributed by atoms with E-state index in [2.05, 4.69) is 42.7 Å². The highest BCUT2D eigenvalue weighted by atomic mass is 79.9. The van der Waals surface area contributed by atoms with Gasteiger partial charge in [0.15, 0.2) is 0 Å². The van der Waals surface area contributed by atoms with Crippen molar-refractivity contribution in [2.75, 3.05) is 24.5 Å². The van der Waals surface area contributed by atoms with Crippen LogP contribution in [0.3, 0.4) is 0 Å². The van der Waals surface area contributed by atoms with Gasteiger partial charge in [-0.15, -0.1) is 0 Å². The number of hydrogen-bond donors (Lipinski definition) is 2. The molecule has 0 bridgehead atoms. The van der Waals surface area contributed by atoms with Gasteiger partial charge in [-0.2, -0.15) is 3.89 Å². The summed E-state index contributed by atoms with van der Waals surface area (Å²) in [6, 6.07) is 1.70. The molecule has 2 aliphatic heterocycles. The van der Waals surface area contributed by atoms with E-state index < -0.39 is 0 Å². The first-order valence-corrected chi connectivity index (χ1v) is 11.5. The molecule has 0 saturated carbocycles. The zero-order valence-corrected chi connectivity index (χ0v) is 20.1. The molecule has 0 aliphatic carbocycles. The molecule has 31 heavy (non-hydrogen) atoms. The van der Waals surface area contributed by atoms with Gasteiger partial charge in [0.05, 0.1) is 53.1 Å². The molecule has 2 N–H and O–H groups in total. The average molecular weight is 505 g/mol. The van der Waals surface area contributed by atoms with Crippen molar-refractivity contribution in [1.29, 1.82) is 5.41 Å². The van der Waals surface area contributed by atoms with E-state index in [1.54, 1.807) is 24.7 Å². The van der Waals surface area contributed by atoms with Crippen LogP contribution in [-0.2, 0) is 0 Å². The second-order valence-corrected chi connectivity index (χ2v) is 9.23. The summed E-state index contributed by atoms with van der Waals surface area (Å²) >= 11 is 3.62. The summed E-state index contributed by atoms with van der Waals surface area (Å²) in [5, 5.41) is 11.6. The summed E-state index contributed by atoms with van der Waals surface area (Å²) in [5.74, 6) is 0.993. The fourth-order valence-electron chi connectivity index (χ4n) is 3.44. The maximum absolute atomic E-state index is 12.9. The maximum Gasteiger partial charge on any atom is 0.101 e. The van der Waals surface area contributed by atoms with E-state index in [9.17, 15) is 3.89 Å². The Morgan fingerprint density at radius 3 is 2.77 bits per heavy atom. The number of amidine groups is 1. The third-order valence-corrected chi connectivity index (χ3v) is 5.70. The van der Waals surface area contributed by atoms with Crippen molar-refractivity contribution >= 4 is 45.3 Å². The summed E-state index contributed by atoms with van der Waals surface area (Å²) in [6.07, 6.45) is 11.0. The van der Waals surface area contributed by atoms with Crippen LogP contribution in [0.4, 0.5) is 9.57 Å². The van der Waals surface area contributed by atoms with Gasteiger partial charge < -0.3 is 20.5 Å². The first-order valence-electron chi connectivity index (χ1n) is 9.97. The molecule has 2 aliphatic rings. The molecule has 3 rings (SSSR count). The van der Waals surface area contributed by atoms with Crippen molar-refractivity contribution in [3.63, 3.8) is 0 Å². The lowest BCUT2D eigenvalue weighted by Gasteiger charge is -2.18. The maximum atomic E-state index is 12.9. The number of allylic oxidation sites excluding steroid dienone is 3. The zero-order valence-electron chi connectivity index (χ0n) is 17.7. The van der Waals surface area contributed by atoms with Crippen LogP contribution in [0.15, 0.2) is 74.9 Å². The van der Waals surface area contributed by atoms with Gasteiger partial charge in [0.25, 0.3) is 0 Å². The molecule has 3 heterocycles. The number of likely N-dealkylation sites (tertiary alicyclic amines) is 1. The first-order chi connectivity index (χ1) is 14.9. The summed E-state index contributed by atoms with van der Waals surface area (Å²) in [4.78, 5) is 13.2. The Morgan fingerprint density at radius 2 is 2.10 bits per heavy atom. The largest absolute Gasteiger partial charge is 0.360 e. The van der Waals surface area contributed by atoms with Crippen LogP contribution in [0.5, 0.6) is 0 Å². The molecule has 0 spiro atoms. The molecule has 9 heteroatoms. The predicted molar refractivity (Wildman–Crippen MR) is 131 cm³/mol. The summed E-state index contributed by atoms with van der Waals surface area (Å²) in [6.45, 7) is 10.6. The molecule has 2 fully saturated rings. The fourth-order valence-corrected chi connectivity index (χ4v) is 3.96. The Kier molecular flexibility index (Phi) is 8.09. The fraction of sp³-hybridized carbons (Fsp3) is 0.318. The average Bonchev–Trinajstić information content (AvgIpc) is 3.38. The van der Waals surface area contributed by atoms with Crippen LogP contribution in [0.25, 0.3) is 0 Å². The van der Waals surface area contributed by atoms with Gasteiger partial charge in [0.2, 0.25) is 0 Å². The number of aromatic nitrogens is 1. The SMILES string of the molecule is C=C1/C(=C/NC(/C=C(\C)Br)=C/N=C(\C)N2CCCC2)C(=N)CN1c1cncc(SF)c1. The number of aliphatic imine (C=N–C) groups is 1.